The Kier molecular flexibility index (Phi) is 7.68. The zero-order valence-corrected chi connectivity index (χ0v) is 17.5. The van der Waals surface area contributed by atoms with Gasteiger partial charge in [-0.25, -0.2) is 8.42 Å². The molecule has 0 atom stereocenters. The van der Waals surface area contributed by atoms with Crippen LogP contribution in [0.4, 0.5) is 5.69 Å². The molecule has 2 rings (SSSR count). The van der Waals surface area contributed by atoms with Crippen LogP contribution in [0.1, 0.15) is 13.8 Å². The van der Waals surface area contributed by atoms with Gasteiger partial charge in [-0.2, -0.15) is 4.31 Å². The molecule has 2 aromatic carbocycles. The van der Waals surface area contributed by atoms with E-state index < -0.39 is 15.9 Å². The summed E-state index contributed by atoms with van der Waals surface area (Å²) < 4.78 is 37.2. The van der Waals surface area contributed by atoms with Crippen molar-refractivity contribution in [3.63, 3.8) is 0 Å². The number of sulfonamides is 1. The van der Waals surface area contributed by atoms with Crippen molar-refractivity contribution in [2.75, 3.05) is 32.1 Å². The molecule has 7 nitrogen and oxygen atoms in total. The molecule has 0 aromatic heterocycles. The number of benzene rings is 2. The van der Waals surface area contributed by atoms with Crippen molar-refractivity contribution in [1.82, 2.24) is 4.31 Å². The van der Waals surface area contributed by atoms with Crippen LogP contribution in [0.5, 0.6) is 11.5 Å². The number of carbonyl (C=O) groups excluding carboxylic acids is 1. The van der Waals surface area contributed by atoms with E-state index in [1.54, 1.807) is 45.2 Å². The van der Waals surface area contributed by atoms with Gasteiger partial charge >= 0.3 is 0 Å². The molecule has 1 amide bonds. The number of nitrogens with zero attached hydrogens (tertiary/aromatic N) is 1. The zero-order valence-electron chi connectivity index (χ0n) is 15.9. The Balaban J connectivity index is 2.13. The molecular weight excluding hydrogens is 404 g/mol. The molecule has 0 bridgehead atoms. The minimum Gasteiger partial charge on any atom is -0.497 e. The van der Waals surface area contributed by atoms with Crippen molar-refractivity contribution in [1.29, 1.82) is 0 Å². The molecule has 2 aromatic rings. The molecular formula is C19H23ClN2O5S. The highest BCUT2D eigenvalue weighted by Gasteiger charge is 2.26. The number of methoxy groups -OCH3 is 1. The van der Waals surface area contributed by atoms with Crippen LogP contribution in [-0.2, 0) is 14.8 Å². The highest BCUT2D eigenvalue weighted by atomic mass is 35.5. The van der Waals surface area contributed by atoms with Gasteiger partial charge in [-0.15, -0.1) is 0 Å². The average Bonchev–Trinajstić information content (AvgIpc) is 2.68. The Morgan fingerprint density at radius 3 is 2.36 bits per heavy atom. The van der Waals surface area contributed by atoms with E-state index >= 15 is 0 Å². The Morgan fingerprint density at radius 2 is 1.82 bits per heavy atom. The Bertz CT molecular complexity index is 916. The van der Waals surface area contributed by atoms with Gasteiger partial charge in [0.05, 0.1) is 30.2 Å². The van der Waals surface area contributed by atoms with E-state index in [0.717, 1.165) is 4.31 Å². The maximum absolute atomic E-state index is 12.9. The first-order chi connectivity index (χ1) is 13.3. The molecule has 0 aliphatic heterocycles. The fourth-order valence-electron chi connectivity index (χ4n) is 2.47. The van der Waals surface area contributed by atoms with Crippen molar-refractivity contribution in [2.24, 2.45) is 0 Å². The van der Waals surface area contributed by atoms with Crippen molar-refractivity contribution in [3.05, 3.63) is 47.5 Å². The highest BCUT2D eigenvalue weighted by molar-refractivity contribution is 7.89. The van der Waals surface area contributed by atoms with E-state index in [0.29, 0.717) is 23.8 Å². The van der Waals surface area contributed by atoms with Crippen LogP contribution >= 0.6 is 11.6 Å². The maximum atomic E-state index is 12.9. The Labute approximate surface area is 170 Å². The third kappa shape index (κ3) is 5.37. The van der Waals surface area contributed by atoms with Gasteiger partial charge in [-0.1, -0.05) is 18.5 Å². The number of rotatable bonds is 9. The number of ether oxygens (including phenoxy) is 2. The number of carbonyl (C=O) groups is 1. The van der Waals surface area contributed by atoms with Gasteiger partial charge in [-0.05, 0) is 49.4 Å². The summed E-state index contributed by atoms with van der Waals surface area (Å²) in [5, 5.41) is 2.87. The van der Waals surface area contributed by atoms with Gasteiger partial charge in [0.2, 0.25) is 15.9 Å². The van der Waals surface area contributed by atoms with Gasteiger partial charge in [0, 0.05) is 12.2 Å². The lowest BCUT2D eigenvalue weighted by atomic mass is 10.3. The second-order valence-electron chi connectivity index (χ2n) is 5.73. The third-order valence-electron chi connectivity index (χ3n) is 3.89. The number of halogens is 1. The number of anilines is 1. The summed E-state index contributed by atoms with van der Waals surface area (Å²) in [6, 6.07) is 11.0. The molecule has 0 spiro atoms. The van der Waals surface area contributed by atoms with E-state index in [9.17, 15) is 13.2 Å². The first-order valence-electron chi connectivity index (χ1n) is 8.68. The van der Waals surface area contributed by atoms with E-state index in [1.807, 2.05) is 0 Å². The second kappa shape index (κ2) is 9.77. The number of nitrogens with one attached hydrogen (secondary N) is 1. The molecule has 0 saturated heterocycles. The van der Waals surface area contributed by atoms with Gasteiger partial charge in [0.25, 0.3) is 0 Å². The molecule has 0 saturated carbocycles. The highest BCUT2D eigenvalue weighted by Crippen LogP contribution is 2.28. The SMILES string of the molecule is CCOc1ccc(S(=O)(=O)N(CC)CC(=O)Nc2ccc(OC)cc2)cc1Cl. The van der Waals surface area contributed by atoms with E-state index in [1.165, 1.54) is 18.2 Å². The molecule has 0 aliphatic carbocycles. The molecule has 0 unspecified atom stereocenters. The lowest BCUT2D eigenvalue weighted by Crippen LogP contribution is -2.37. The summed E-state index contributed by atoms with van der Waals surface area (Å²) in [7, 11) is -2.34. The van der Waals surface area contributed by atoms with E-state index in [2.05, 4.69) is 5.32 Å². The zero-order chi connectivity index (χ0) is 20.7. The molecule has 1 N–H and O–H groups in total. The molecule has 0 radical (unpaired) electrons. The predicted octanol–water partition coefficient (Wildman–Crippen LogP) is 3.40. The summed E-state index contributed by atoms with van der Waals surface area (Å²) in [6.45, 7) is 3.69. The standard InChI is InChI=1S/C19H23ClN2O5S/c1-4-22(13-19(23)21-14-6-8-15(26-3)9-7-14)28(24,25)16-10-11-18(27-5-2)17(20)12-16/h6-12H,4-5,13H2,1-3H3,(H,21,23). The van der Waals surface area contributed by atoms with Crippen LogP contribution in [0.15, 0.2) is 47.4 Å². The van der Waals surface area contributed by atoms with Crippen molar-refractivity contribution < 1.29 is 22.7 Å². The van der Waals surface area contributed by atoms with Crippen molar-refractivity contribution >= 4 is 33.2 Å². The summed E-state index contributed by atoms with van der Waals surface area (Å²) in [5.41, 5.74) is 0.545. The summed E-state index contributed by atoms with van der Waals surface area (Å²) in [5.74, 6) is 0.610. The van der Waals surface area contributed by atoms with Gasteiger partial charge in [-0.3, -0.25) is 4.79 Å². The third-order valence-corrected chi connectivity index (χ3v) is 6.10. The van der Waals surface area contributed by atoms with Crippen molar-refractivity contribution in [2.45, 2.75) is 18.7 Å². The van der Waals surface area contributed by atoms with E-state index in [-0.39, 0.29) is 23.0 Å². The Morgan fingerprint density at radius 1 is 1.14 bits per heavy atom. The monoisotopic (exact) mass is 426 g/mol. The van der Waals surface area contributed by atoms with Crippen LogP contribution in [-0.4, -0.2) is 45.4 Å². The van der Waals surface area contributed by atoms with Crippen molar-refractivity contribution in [3.8, 4) is 11.5 Å². The smallest absolute Gasteiger partial charge is 0.243 e. The molecule has 152 valence electrons. The molecule has 0 heterocycles. The second-order valence-corrected chi connectivity index (χ2v) is 8.08. The fourth-order valence-corrected chi connectivity index (χ4v) is 4.20. The molecule has 0 fully saturated rings. The fraction of sp³-hybridized carbons (Fsp3) is 0.316. The van der Waals surface area contributed by atoms with E-state index in [4.69, 9.17) is 21.1 Å². The van der Waals surface area contributed by atoms with Crippen LogP contribution < -0.4 is 14.8 Å². The minimum atomic E-state index is -3.89. The molecule has 9 heteroatoms. The first kappa shape index (κ1) is 22.0. The number of likely N-dealkylation sites (N-methyl/N-ethyl adjacent to an activating group) is 1. The first-order valence-corrected chi connectivity index (χ1v) is 10.5. The lowest BCUT2D eigenvalue weighted by molar-refractivity contribution is -0.116. The van der Waals surface area contributed by atoms with Crippen LogP contribution in [0.25, 0.3) is 0 Å². The predicted molar refractivity (Wildman–Crippen MR) is 109 cm³/mol. The summed E-state index contributed by atoms with van der Waals surface area (Å²) in [4.78, 5) is 12.3. The van der Waals surface area contributed by atoms with Gasteiger partial charge in [0.15, 0.2) is 0 Å². The number of amides is 1. The normalized spacial score (nSPS) is 11.3. The number of hydrogen-bond donors (Lipinski definition) is 1. The van der Waals surface area contributed by atoms with Gasteiger partial charge in [0.1, 0.15) is 11.5 Å². The molecule has 0 aliphatic rings. The number of hydrogen-bond acceptors (Lipinski definition) is 5. The topological polar surface area (TPSA) is 84.9 Å². The average molecular weight is 427 g/mol. The van der Waals surface area contributed by atoms with Gasteiger partial charge < -0.3 is 14.8 Å². The lowest BCUT2D eigenvalue weighted by Gasteiger charge is -2.20. The summed E-state index contributed by atoms with van der Waals surface area (Å²) in [6.07, 6.45) is 0. The van der Waals surface area contributed by atoms with Crippen LogP contribution in [0.3, 0.4) is 0 Å². The molecule has 28 heavy (non-hydrogen) atoms. The quantitative estimate of drug-likeness (QED) is 0.664. The van der Waals surface area contributed by atoms with Crippen LogP contribution in [0, 0.1) is 0 Å². The van der Waals surface area contributed by atoms with Crippen LogP contribution in [0.2, 0.25) is 5.02 Å². The summed E-state index contributed by atoms with van der Waals surface area (Å²) >= 11 is 6.10. The Hall–Kier alpha value is -2.29. The largest absolute Gasteiger partial charge is 0.497 e. The maximum Gasteiger partial charge on any atom is 0.243 e. The minimum absolute atomic E-state index is 0.0000468.